The highest BCUT2D eigenvalue weighted by Gasteiger charge is 2.16. The Kier molecular flexibility index (Phi) is 4.85. The average Bonchev–Trinajstić information content (AvgIpc) is 3.16. The zero-order valence-electron chi connectivity index (χ0n) is 14.7. The highest BCUT2D eigenvalue weighted by molar-refractivity contribution is 7.14. The van der Waals surface area contributed by atoms with Crippen LogP contribution in [0.15, 0.2) is 58.8 Å². The number of aromatic nitrogens is 2. The average molecular weight is 412 g/mol. The van der Waals surface area contributed by atoms with E-state index in [1.165, 1.54) is 24.6 Å². The highest BCUT2D eigenvalue weighted by Crippen LogP contribution is 2.26. The summed E-state index contributed by atoms with van der Waals surface area (Å²) in [6, 6.07) is 12.3. The van der Waals surface area contributed by atoms with E-state index in [0.717, 1.165) is 5.56 Å². The molecule has 2 N–H and O–H groups in total. The number of para-hydroxylation sites is 1. The Morgan fingerprint density at radius 3 is 2.75 bits per heavy atom. The minimum absolute atomic E-state index is 0.00370. The zero-order valence-corrected chi connectivity index (χ0v) is 16.2. The molecule has 2 aromatic carbocycles. The number of ether oxygens (including phenoxy) is 1. The minimum Gasteiger partial charge on any atom is -0.495 e. The van der Waals surface area contributed by atoms with Gasteiger partial charge in [0.2, 0.25) is 5.43 Å². The van der Waals surface area contributed by atoms with Crippen LogP contribution in [0, 0.1) is 0 Å². The van der Waals surface area contributed by atoms with Crippen molar-refractivity contribution in [3.63, 3.8) is 0 Å². The van der Waals surface area contributed by atoms with Gasteiger partial charge in [0.25, 0.3) is 5.91 Å². The fraction of sp³-hybridized carbons (Fsp3) is 0.0500. The Morgan fingerprint density at radius 2 is 2.00 bits per heavy atom. The van der Waals surface area contributed by atoms with Gasteiger partial charge in [-0.3, -0.25) is 14.9 Å². The summed E-state index contributed by atoms with van der Waals surface area (Å²) in [6.45, 7) is 0. The van der Waals surface area contributed by atoms with Crippen LogP contribution in [0.1, 0.15) is 10.4 Å². The van der Waals surface area contributed by atoms with E-state index in [-0.39, 0.29) is 11.0 Å². The molecule has 4 aromatic rings. The molecule has 0 fully saturated rings. The van der Waals surface area contributed by atoms with E-state index in [9.17, 15) is 9.59 Å². The number of thiazole rings is 1. The topological polar surface area (TPSA) is 84.1 Å². The third-order valence-electron chi connectivity index (χ3n) is 4.21. The first-order valence-electron chi connectivity index (χ1n) is 8.28. The number of nitrogens with zero attached hydrogens (tertiary/aromatic N) is 1. The van der Waals surface area contributed by atoms with Crippen molar-refractivity contribution in [1.82, 2.24) is 9.97 Å². The van der Waals surface area contributed by atoms with Gasteiger partial charge < -0.3 is 9.72 Å². The van der Waals surface area contributed by atoms with Crippen LogP contribution < -0.4 is 15.5 Å². The first-order chi connectivity index (χ1) is 13.6. The number of rotatable bonds is 4. The Hall–Kier alpha value is -3.16. The molecule has 0 atom stereocenters. The van der Waals surface area contributed by atoms with Crippen molar-refractivity contribution in [2.24, 2.45) is 0 Å². The maximum absolute atomic E-state index is 12.7. The standard InChI is InChI=1S/C20H14ClN3O3S/c1-27-16-4-2-3-13-17(16)22-9-14(18(13)25)19(26)24-20-23-15(10-28-20)11-5-7-12(21)8-6-11/h2-10H,1H3,(H,22,25)(H,23,24,26). The van der Waals surface area contributed by atoms with E-state index in [4.69, 9.17) is 16.3 Å². The second-order valence-electron chi connectivity index (χ2n) is 5.91. The smallest absolute Gasteiger partial charge is 0.262 e. The van der Waals surface area contributed by atoms with Gasteiger partial charge >= 0.3 is 0 Å². The number of H-pyrrole nitrogens is 1. The first-order valence-corrected chi connectivity index (χ1v) is 9.54. The zero-order chi connectivity index (χ0) is 19.7. The molecule has 140 valence electrons. The van der Waals surface area contributed by atoms with Gasteiger partial charge in [-0.1, -0.05) is 29.8 Å². The van der Waals surface area contributed by atoms with Crippen LogP contribution in [0.5, 0.6) is 5.75 Å². The van der Waals surface area contributed by atoms with Crippen LogP contribution in [0.2, 0.25) is 5.02 Å². The number of hydrogen-bond acceptors (Lipinski definition) is 5. The van der Waals surface area contributed by atoms with Gasteiger partial charge in [0.1, 0.15) is 11.3 Å². The van der Waals surface area contributed by atoms with Crippen molar-refractivity contribution in [2.45, 2.75) is 0 Å². The lowest BCUT2D eigenvalue weighted by atomic mass is 10.1. The highest BCUT2D eigenvalue weighted by atomic mass is 35.5. The quantitative estimate of drug-likeness (QED) is 0.515. The Morgan fingerprint density at radius 1 is 1.21 bits per heavy atom. The van der Waals surface area contributed by atoms with Crippen molar-refractivity contribution in [3.05, 3.63) is 74.9 Å². The van der Waals surface area contributed by atoms with Gasteiger partial charge in [0.15, 0.2) is 5.13 Å². The molecule has 0 aliphatic carbocycles. The summed E-state index contributed by atoms with van der Waals surface area (Å²) in [4.78, 5) is 32.7. The molecule has 4 rings (SSSR count). The van der Waals surface area contributed by atoms with Gasteiger partial charge in [-0.15, -0.1) is 11.3 Å². The number of aromatic amines is 1. The van der Waals surface area contributed by atoms with Crippen LogP contribution in [0.3, 0.4) is 0 Å². The molecule has 0 aliphatic rings. The van der Waals surface area contributed by atoms with Gasteiger partial charge in [-0.05, 0) is 24.3 Å². The maximum atomic E-state index is 12.7. The van der Waals surface area contributed by atoms with Crippen molar-refractivity contribution < 1.29 is 9.53 Å². The van der Waals surface area contributed by atoms with Crippen molar-refractivity contribution in [2.75, 3.05) is 12.4 Å². The van der Waals surface area contributed by atoms with Crippen LogP contribution >= 0.6 is 22.9 Å². The number of halogens is 1. The van der Waals surface area contributed by atoms with Gasteiger partial charge in [0.05, 0.1) is 23.7 Å². The van der Waals surface area contributed by atoms with Crippen molar-refractivity contribution in [3.8, 4) is 17.0 Å². The molecule has 2 aromatic heterocycles. The molecule has 0 unspecified atom stereocenters. The number of anilines is 1. The molecule has 0 bridgehead atoms. The Balaban J connectivity index is 1.62. The maximum Gasteiger partial charge on any atom is 0.262 e. The number of carbonyl (C=O) groups is 1. The van der Waals surface area contributed by atoms with Gasteiger partial charge in [-0.25, -0.2) is 4.98 Å². The van der Waals surface area contributed by atoms with E-state index in [2.05, 4.69) is 15.3 Å². The molecule has 0 radical (unpaired) electrons. The second-order valence-corrected chi connectivity index (χ2v) is 7.21. The fourth-order valence-corrected chi connectivity index (χ4v) is 3.65. The lowest BCUT2D eigenvalue weighted by Crippen LogP contribution is -2.22. The van der Waals surface area contributed by atoms with E-state index >= 15 is 0 Å². The number of carbonyl (C=O) groups excluding carboxylic acids is 1. The first kappa shape index (κ1) is 18.2. The summed E-state index contributed by atoms with van der Waals surface area (Å²) >= 11 is 7.18. The fourth-order valence-electron chi connectivity index (χ4n) is 2.81. The van der Waals surface area contributed by atoms with E-state index < -0.39 is 5.91 Å². The normalized spacial score (nSPS) is 10.8. The predicted octanol–water partition coefficient (Wildman–Crippen LogP) is 4.57. The summed E-state index contributed by atoms with van der Waals surface area (Å²) in [7, 11) is 1.52. The Labute approximate surface area is 168 Å². The van der Waals surface area contributed by atoms with Crippen LogP contribution in [-0.4, -0.2) is 23.0 Å². The number of nitrogens with one attached hydrogen (secondary N) is 2. The van der Waals surface area contributed by atoms with Crippen molar-refractivity contribution in [1.29, 1.82) is 0 Å². The minimum atomic E-state index is -0.525. The molecule has 1 amide bonds. The molecular formula is C20H14ClN3O3S. The molecule has 2 heterocycles. The number of fused-ring (bicyclic) bond motifs is 1. The molecule has 6 nitrogen and oxygen atoms in total. The third kappa shape index (κ3) is 3.37. The molecule has 28 heavy (non-hydrogen) atoms. The summed E-state index contributed by atoms with van der Waals surface area (Å²) in [5.41, 5.74) is 1.78. The summed E-state index contributed by atoms with van der Waals surface area (Å²) < 4.78 is 5.24. The van der Waals surface area contributed by atoms with Crippen molar-refractivity contribution >= 4 is 44.9 Å². The number of pyridine rings is 1. The number of methoxy groups -OCH3 is 1. The second kappa shape index (κ2) is 7.46. The lowest BCUT2D eigenvalue weighted by Gasteiger charge is -2.07. The van der Waals surface area contributed by atoms with Crippen LogP contribution in [0.25, 0.3) is 22.2 Å². The number of benzene rings is 2. The SMILES string of the molecule is COc1cccc2c(=O)c(C(=O)Nc3nc(-c4ccc(Cl)cc4)cs3)c[nH]c12. The third-order valence-corrected chi connectivity index (χ3v) is 5.22. The molecule has 0 aliphatic heterocycles. The van der Waals surface area contributed by atoms with Gasteiger partial charge in [0, 0.05) is 22.2 Å². The molecule has 8 heteroatoms. The Bertz CT molecular complexity index is 1230. The van der Waals surface area contributed by atoms with Crippen LogP contribution in [0.4, 0.5) is 5.13 Å². The predicted molar refractivity (Wildman–Crippen MR) is 112 cm³/mol. The molecule has 0 saturated carbocycles. The summed E-state index contributed by atoms with van der Waals surface area (Å²) in [5.74, 6) is 0.0112. The van der Waals surface area contributed by atoms with Gasteiger partial charge in [-0.2, -0.15) is 0 Å². The lowest BCUT2D eigenvalue weighted by molar-refractivity contribution is 0.102. The van der Waals surface area contributed by atoms with E-state index in [1.54, 1.807) is 30.3 Å². The molecule has 0 spiro atoms. The van der Waals surface area contributed by atoms with E-state index in [0.29, 0.717) is 32.5 Å². The van der Waals surface area contributed by atoms with E-state index in [1.807, 2.05) is 17.5 Å². The number of hydrogen-bond donors (Lipinski definition) is 2. The molecular weight excluding hydrogens is 398 g/mol. The summed E-state index contributed by atoms with van der Waals surface area (Å²) in [5, 5.41) is 5.94. The molecule has 0 saturated heterocycles. The van der Waals surface area contributed by atoms with Crippen LogP contribution in [-0.2, 0) is 0 Å². The number of amides is 1. The largest absolute Gasteiger partial charge is 0.495 e. The monoisotopic (exact) mass is 411 g/mol. The summed E-state index contributed by atoms with van der Waals surface area (Å²) in [6.07, 6.45) is 1.39.